The first-order chi connectivity index (χ1) is 8.04. The number of hydrogen-bond acceptors (Lipinski definition) is 1. The minimum absolute atomic E-state index is 0.0511. The molecular formula is C15H24FN. The van der Waals surface area contributed by atoms with E-state index in [4.69, 9.17) is 0 Å². The van der Waals surface area contributed by atoms with E-state index in [0.717, 1.165) is 42.6 Å². The fourth-order valence-electron chi connectivity index (χ4n) is 2.15. The molecule has 17 heavy (non-hydrogen) atoms. The Morgan fingerprint density at radius 1 is 1.29 bits per heavy atom. The largest absolute Gasteiger partial charge is 0.316 e. The molecule has 0 bridgehead atoms. The normalized spacial score (nSPS) is 12.8. The second-order valence-electron chi connectivity index (χ2n) is 5.06. The lowest BCUT2D eigenvalue weighted by molar-refractivity contribution is 0.495. The summed E-state index contributed by atoms with van der Waals surface area (Å²) in [6.07, 6.45) is 1.96. The molecule has 0 aliphatic heterocycles. The first-order valence-electron chi connectivity index (χ1n) is 6.51. The maximum Gasteiger partial charge on any atom is 0.126 e. The lowest BCUT2D eigenvalue weighted by Crippen LogP contribution is -2.23. The maximum atomic E-state index is 13.8. The summed E-state index contributed by atoms with van der Waals surface area (Å²) in [7, 11) is 0. The Balaban J connectivity index is 2.61. The molecule has 0 fully saturated rings. The van der Waals surface area contributed by atoms with Crippen LogP contribution >= 0.6 is 0 Å². The van der Waals surface area contributed by atoms with Crippen molar-refractivity contribution in [2.75, 3.05) is 13.1 Å². The molecule has 2 heteroatoms. The molecule has 0 spiro atoms. The van der Waals surface area contributed by atoms with Gasteiger partial charge in [0.25, 0.3) is 0 Å². The molecule has 0 amide bonds. The molecule has 1 rings (SSSR count). The Labute approximate surface area is 104 Å². The molecule has 1 N–H and O–H groups in total. The lowest BCUT2D eigenvalue weighted by atomic mass is 9.95. The van der Waals surface area contributed by atoms with Crippen LogP contribution in [-0.2, 0) is 6.42 Å². The zero-order valence-electron chi connectivity index (χ0n) is 11.4. The van der Waals surface area contributed by atoms with Crippen molar-refractivity contribution >= 4 is 0 Å². The van der Waals surface area contributed by atoms with Gasteiger partial charge in [-0.1, -0.05) is 19.9 Å². The molecule has 0 saturated carbocycles. The van der Waals surface area contributed by atoms with E-state index in [0.29, 0.717) is 5.92 Å². The second-order valence-corrected chi connectivity index (χ2v) is 5.06. The highest BCUT2D eigenvalue weighted by atomic mass is 19.1. The van der Waals surface area contributed by atoms with E-state index >= 15 is 0 Å². The zero-order valence-corrected chi connectivity index (χ0v) is 11.4. The first-order valence-corrected chi connectivity index (χ1v) is 6.51. The van der Waals surface area contributed by atoms with Crippen LogP contribution in [0.2, 0.25) is 0 Å². The smallest absolute Gasteiger partial charge is 0.126 e. The third-order valence-electron chi connectivity index (χ3n) is 3.04. The fraction of sp³-hybridized carbons (Fsp3) is 0.600. The summed E-state index contributed by atoms with van der Waals surface area (Å²) in [5.41, 5.74) is 2.95. The number of hydrogen-bond donors (Lipinski definition) is 1. The van der Waals surface area contributed by atoms with Gasteiger partial charge in [-0.05, 0) is 68.5 Å². The van der Waals surface area contributed by atoms with Crippen molar-refractivity contribution in [3.63, 3.8) is 0 Å². The van der Waals surface area contributed by atoms with Gasteiger partial charge in [-0.25, -0.2) is 4.39 Å². The average Bonchev–Trinajstić information content (AvgIpc) is 2.24. The van der Waals surface area contributed by atoms with Crippen molar-refractivity contribution in [1.82, 2.24) is 5.32 Å². The van der Waals surface area contributed by atoms with Crippen molar-refractivity contribution in [3.05, 3.63) is 34.6 Å². The van der Waals surface area contributed by atoms with Gasteiger partial charge in [0.2, 0.25) is 0 Å². The summed E-state index contributed by atoms with van der Waals surface area (Å²) in [6.45, 7) is 10.3. The van der Waals surface area contributed by atoms with E-state index in [2.05, 4.69) is 25.2 Å². The van der Waals surface area contributed by atoms with Gasteiger partial charge in [-0.15, -0.1) is 0 Å². The summed E-state index contributed by atoms with van der Waals surface area (Å²) in [4.78, 5) is 0. The molecule has 0 heterocycles. The number of aryl methyl sites for hydroxylation is 2. The lowest BCUT2D eigenvalue weighted by Gasteiger charge is -2.15. The van der Waals surface area contributed by atoms with Crippen molar-refractivity contribution in [3.8, 4) is 0 Å². The second kappa shape index (κ2) is 6.75. The van der Waals surface area contributed by atoms with E-state index in [1.54, 1.807) is 6.07 Å². The molecule has 0 radical (unpaired) electrons. The molecule has 0 saturated heterocycles. The number of halogens is 1. The van der Waals surface area contributed by atoms with Gasteiger partial charge in [0.1, 0.15) is 5.82 Å². The van der Waals surface area contributed by atoms with Gasteiger partial charge in [0, 0.05) is 0 Å². The van der Waals surface area contributed by atoms with Crippen molar-refractivity contribution in [2.45, 2.75) is 40.5 Å². The average molecular weight is 237 g/mol. The predicted octanol–water partition coefficient (Wildman–Crippen LogP) is 3.62. The van der Waals surface area contributed by atoms with Gasteiger partial charge in [0.15, 0.2) is 0 Å². The fourth-order valence-corrected chi connectivity index (χ4v) is 2.15. The highest BCUT2D eigenvalue weighted by molar-refractivity contribution is 5.32. The minimum atomic E-state index is -0.0511. The van der Waals surface area contributed by atoms with E-state index in [9.17, 15) is 4.39 Å². The van der Waals surface area contributed by atoms with Gasteiger partial charge in [0.05, 0.1) is 0 Å². The molecule has 0 aliphatic rings. The molecule has 0 aliphatic carbocycles. The number of rotatable bonds is 6. The summed E-state index contributed by atoms with van der Waals surface area (Å²) in [5.74, 6) is 0.419. The molecular weight excluding hydrogens is 213 g/mol. The first kappa shape index (κ1) is 14.2. The number of benzene rings is 1. The summed E-state index contributed by atoms with van der Waals surface area (Å²) in [6, 6.07) is 3.69. The molecule has 1 unspecified atom stereocenters. The molecule has 1 aromatic rings. The van der Waals surface area contributed by atoms with Crippen LogP contribution in [0, 0.1) is 25.6 Å². The Hall–Kier alpha value is -0.890. The quantitative estimate of drug-likeness (QED) is 0.745. The van der Waals surface area contributed by atoms with Crippen LogP contribution in [0.4, 0.5) is 4.39 Å². The Morgan fingerprint density at radius 3 is 2.59 bits per heavy atom. The Morgan fingerprint density at radius 2 is 2.00 bits per heavy atom. The molecule has 1 atom stereocenters. The van der Waals surface area contributed by atoms with Crippen molar-refractivity contribution < 1.29 is 4.39 Å². The van der Waals surface area contributed by atoms with Gasteiger partial charge < -0.3 is 5.32 Å². The van der Waals surface area contributed by atoms with E-state index in [1.165, 1.54) is 0 Å². The Bertz CT molecular complexity index is 337. The van der Waals surface area contributed by atoms with E-state index in [-0.39, 0.29) is 5.82 Å². The summed E-state index contributed by atoms with van der Waals surface area (Å²) < 4.78 is 13.8. The van der Waals surface area contributed by atoms with Crippen molar-refractivity contribution in [2.24, 2.45) is 5.92 Å². The van der Waals surface area contributed by atoms with Crippen LogP contribution in [0.25, 0.3) is 0 Å². The van der Waals surface area contributed by atoms with E-state index < -0.39 is 0 Å². The standard InChI is InChI=1S/C15H24FN/c1-5-6-17-10-12(3)8-14-13(4)7-11(2)9-15(14)16/h7,9,12,17H,5-6,8,10H2,1-4H3. The van der Waals surface area contributed by atoms with Crippen LogP contribution in [0.1, 0.15) is 37.0 Å². The van der Waals surface area contributed by atoms with Crippen LogP contribution in [0.5, 0.6) is 0 Å². The Kier molecular flexibility index (Phi) is 5.63. The molecule has 1 aromatic carbocycles. The van der Waals surface area contributed by atoms with Crippen LogP contribution < -0.4 is 5.32 Å². The zero-order chi connectivity index (χ0) is 12.8. The van der Waals surface area contributed by atoms with Crippen LogP contribution in [0.3, 0.4) is 0 Å². The maximum absolute atomic E-state index is 13.8. The van der Waals surface area contributed by atoms with Crippen LogP contribution in [-0.4, -0.2) is 13.1 Å². The third-order valence-corrected chi connectivity index (χ3v) is 3.04. The van der Waals surface area contributed by atoms with E-state index in [1.807, 2.05) is 13.8 Å². The van der Waals surface area contributed by atoms with Crippen LogP contribution in [0.15, 0.2) is 12.1 Å². The van der Waals surface area contributed by atoms with Crippen molar-refractivity contribution in [1.29, 1.82) is 0 Å². The van der Waals surface area contributed by atoms with Gasteiger partial charge >= 0.3 is 0 Å². The highest BCUT2D eigenvalue weighted by Gasteiger charge is 2.11. The number of nitrogens with one attached hydrogen (secondary N) is 1. The molecule has 1 nitrogen and oxygen atoms in total. The molecule has 0 aromatic heterocycles. The molecule has 96 valence electrons. The summed E-state index contributed by atoms with van der Waals surface area (Å²) in [5, 5.41) is 3.38. The monoisotopic (exact) mass is 237 g/mol. The van der Waals surface area contributed by atoms with Gasteiger partial charge in [-0.2, -0.15) is 0 Å². The third kappa shape index (κ3) is 4.47. The SMILES string of the molecule is CCCNCC(C)Cc1c(C)cc(C)cc1F. The summed E-state index contributed by atoms with van der Waals surface area (Å²) >= 11 is 0. The highest BCUT2D eigenvalue weighted by Crippen LogP contribution is 2.19. The predicted molar refractivity (Wildman–Crippen MR) is 71.9 cm³/mol. The van der Waals surface area contributed by atoms with Gasteiger partial charge in [-0.3, -0.25) is 0 Å². The topological polar surface area (TPSA) is 12.0 Å². The minimum Gasteiger partial charge on any atom is -0.316 e.